The van der Waals surface area contributed by atoms with Crippen molar-refractivity contribution in [1.82, 2.24) is 9.88 Å². The van der Waals surface area contributed by atoms with Gasteiger partial charge < -0.3 is 14.4 Å². The predicted octanol–water partition coefficient (Wildman–Crippen LogP) is 2.97. The first kappa shape index (κ1) is 20.2. The van der Waals surface area contributed by atoms with Crippen molar-refractivity contribution in [2.75, 3.05) is 44.3 Å². The lowest BCUT2D eigenvalue weighted by atomic mass is 10.1. The zero-order valence-electron chi connectivity index (χ0n) is 17.2. The van der Waals surface area contributed by atoms with Gasteiger partial charge >= 0.3 is 0 Å². The lowest BCUT2D eigenvalue weighted by Crippen LogP contribution is -2.21. The van der Waals surface area contributed by atoms with Crippen LogP contribution in [0.4, 0.5) is 5.69 Å². The van der Waals surface area contributed by atoms with Crippen LogP contribution in [0.2, 0.25) is 0 Å². The number of fused-ring (bicyclic) bond motifs is 2. The van der Waals surface area contributed by atoms with Crippen LogP contribution in [0.3, 0.4) is 0 Å². The molecular weight excluding hydrogens is 390 g/mol. The molecule has 4 rings (SSSR count). The highest BCUT2D eigenvalue weighted by Crippen LogP contribution is 2.40. The maximum absolute atomic E-state index is 12.0. The molecule has 29 heavy (non-hydrogen) atoms. The number of methoxy groups -OCH3 is 1. The minimum Gasteiger partial charge on any atom is -0.493 e. The van der Waals surface area contributed by atoms with Crippen LogP contribution in [-0.4, -0.2) is 57.9 Å². The van der Waals surface area contributed by atoms with Gasteiger partial charge in [0.25, 0.3) is 0 Å². The van der Waals surface area contributed by atoms with Gasteiger partial charge in [-0.1, -0.05) is 0 Å². The fraction of sp³-hybridized carbons (Fsp3) is 0.571. The summed E-state index contributed by atoms with van der Waals surface area (Å²) in [5.74, 6) is 1.24. The zero-order chi connectivity index (χ0) is 20.4. The van der Waals surface area contributed by atoms with Gasteiger partial charge in [-0.2, -0.15) is 0 Å². The second kappa shape index (κ2) is 8.36. The summed E-state index contributed by atoms with van der Waals surface area (Å²) in [5, 5.41) is 0.748. The number of hydrogen-bond acceptors (Lipinski definition) is 6. The standard InChI is InChI=1S/C21H29N3O4S/c1-27-19-13-16-18(14-20(19)28-12-6-11-24-9-3-4-10-24)22-17-8-5-7-15(17)21(16)23-29(2,25)26/h13-14H,3-12H2,1-2H3,(H,22,23). The van der Waals surface area contributed by atoms with E-state index in [0.717, 1.165) is 54.4 Å². The summed E-state index contributed by atoms with van der Waals surface area (Å²) in [6, 6.07) is 3.71. The van der Waals surface area contributed by atoms with Crippen LogP contribution in [0.5, 0.6) is 11.5 Å². The van der Waals surface area contributed by atoms with Crippen LogP contribution >= 0.6 is 0 Å². The maximum Gasteiger partial charge on any atom is 0.229 e. The molecule has 2 aromatic rings. The summed E-state index contributed by atoms with van der Waals surface area (Å²) in [5.41, 5.74) is 3.31. The number of nitrogens with one attached hydrogen (secondary N) is 1. The topological polar surface area (TPSA) is 80.8 Å². The number of aryl methyl sites for hydroxylation is 1. The summed E-state index contributed by atoms with van der Waals surface area (Å²) < 4.78 is 38.2. The van der Waals surface area contributed by atoms with Gasteiger partial charge in [0.05, 0.1) is 31.2 Å². The first-order valence-electron chi connectivity index (χ1n) is 10.3. The van der Waals surface area contributed by atoms with E-state index in [1.807, 2.05) is 12.1 Å². The van der Waals surface area contributed by atoms with Gasteiger partial charge in [0, 0.05) is 23.7 Å². The second-order valence-corrected chi connectivity index (χ2v) is 9.66. The van der Waals surface area contributed by atoms with Crippen molar-refractivity contribution < 1.29 is 17.9 Å². The molecule has 1 aromatic heterocycles. The van der Waals surface area contributed by atoms with Crippen molar-refractivity contribution in [3.05, 3.63) is 23.4 Å². The molecule has 1 saturated heterocycles. The molecule has 1 fully saturated rings. The average Bonchev–Trinajstić information content (AvgIpc) is 3.35. The number of pyridine rings is 1. The third-order valence-electron chi connectivity index (χ3n) is 5.66. The van der Waals surface area contributed by atoms with E-state index in [9.17, 15) is 8.42 Å². The van der Waals surface area contributed by atoms with Crippen LogP contribution in [-0.2, 0) is 22.9 Å². The van der Waals surface area contributed by atoms with Crippen molar-refractivity contribution in [1.29, 1.82) is 0 Å². The lowest BCUT2D eigenvalue weighted by Gasteiger charge is -2.17. The molecule has 0 bridgehead atoms. The third kappa shape index (κ3) is 4.59. The number of sulfonamides is 1. The van der Waals surface area contributed by atoms with Crippen molar-refractivity contribution >= 4 is 26.6 Å². The minimum atomic E-state index is -3.40. The van der Waals surface area contributed by atoms with E-state index in [2.05, 4.69) is 9.62 Å². The Kier molecular flexibility index (Phi) is 5.83. The van der Waals surface area contributed by atoms with E-state index in [-0.39, 0.29) is 0 Å². The third-order valence-corrected chi connectivity index (χ3v) is 6.23. The van der Waals surface area contributed by atoms with E-state index in [1.165, 1.54) is 32.2 Å². The van der Waals surface area contributed by atoms with E-state index < -0.39 is 10.0 Å². The molecule has 7 nitrogen and oxygen atoms in total. The van der Waals surface area contributed by atoms with Gasteiger partial charge in [-0.3, -0.25) is 9.71 Å². The summed E-state index contributed by atoms with van der Waals surface area (Å²) in [7, 11) is -1.80. The Bertz CT molecular complexity index is 1000. The summed E-state index contributed by atoms with van der Waals surface area (Å²) in [6.45, 7) is 4.02. The Morgan fingerprint density at radius 2 is 1.93 bits per heavy atom. The van der Waals surface area contributed by atoms with Crippen molar-refractivity contribution in [2.24, 2.45) is 0 Å². The summed E-state index contributed by atoms with van der Waals surface area (Å²) in [4.78, 5) is 7.26. The minimum absolute atomic E-state index is 0.593. The molecular formula is C21H29N3O4S. The summed E-state index contributed by atoms with van der Waals surface area (Å²) in [6.07, 6.45) is 7.39. The number of rotatable bonds is 8. The molecule has 158 valence electrons. The Balaban J connectivity index is 1.62. The second-order valence-electron chi connectivity index (χ2n) is 7.91. The Hall–Kier alpha value is -2.06. The first-order valence-corrected chi connectivity index (χ1v) is 12.2. The quantitative estimate of drug-likeness (QED) is 0.663. The predicted molar refractivity (Wildman–Crippen MR) is 115 cm³/mol. The molecule has 0 amide bonds. The number of benzene rings is 1. The molecule has 2 heterocycles. The van der Waals surface area contributed by atoms with E-state index in [0.29, 0.717) is 23.8 Å². The van der Waals surface area contributed by atoms with Crippen molar-refractivity contribution in [3.63, 3.8) is 0 Å². The van der Waals surface area contributed by atoms with Gasteiger partial charge in [0.2, 0.25) is 10.0 Å². The van der Waals surface area contributed by atoms with E-state index in [1.54, 1.807) is 7.11 Å². The maximum atomic E-state index is 12.0. The molecule has 2 aliphatic rings. The van der Waals surface area contributed by atoms with Gasteiger partial charge in [-0.05, 0) is 63.2 Å². The van der Waals surface area contributed by atoms with Gasteiger partial charge in [-0.25, -0.2) is 8.42 Å². The van der Waals surface area contributed by atoms with Gasteiger partial charge in [0.15, 0.2) is 11.5 Å². The highest BCUT2D eigenvalue weighted by Gasteiger charge is 2.23. The molecule has 1 aromatic carbocycles. The lowest BCUT2D eigenvalue weighted by molar-refractivity contribution is 0.254. The number of anilines is 1. The highest BCUT2D eigenvalue weighted by molar-refractivity contribution is 7.92. The smallest absolute Gasteiger partial charge is 0.229 e. The van der Waals surface area contributed by atoms with E-state index >= 15 is 0 Å². The fourth-order valence-corrected chi connectivity index (χ4v) is 4.93. The molecule has 0 atom stereocenters. The SMILES string of the molecule is COc1cc2c(NS(C)(=O)=O)c3c(nc2cc1OCCCN1CCCC1)CCC3. The average molecular weight is 420 g/mol. The number of nitrogens with zero attached hydrogens (tertiary/aromatic N) is 2. The largest absolute Gasteiger partial charge is 0.493 e. The molecule has 1 aliphatic carbocycles. The molecule has 0 radical (unpaired) electrons. The van der Waals surface area contributed by atoms with E-state index in [4.69, 9.17) is 14.5 Å². The highest BCUT2D eigenvalue weighted by atomic mass is 32.2. The Labute approximate surface area is 172 Å². The fourth-order valence-electron chi connectivity index (χ4n) is 4.32. The molecule has 0 spiro atoms. The molecule has 1 aliphatic heterocycles. The summed E-state index contributed by atoms with van der Waals surface area (Å²) >= 11 is 0. The van der Waals surface area contributed by atoms with Crippen molar-refractivity contribution in [2.45, 2.75) is 38.5 Å². The monoisotopic (exact) mass is 419 g/mol. The molecule has 0 unspecified atom stereocenters. The van der Waals surface area contributed by atoms with Crippen molar-refractivity contribution in [3.8, 4) is 11.5 Å². The van der Waals surface area contributed by atoms with Crippen LogP contribution in [0.1, 0.15) is 36.9 Å². The Morgan fingerprint density at radius 3 is 2.66 bits per heavy atom. The normalized spacial score (nSPS) is 16.9. The molecule has 0 saturated carbocycles. The van der Waals surface area contributed by atoms with Crippen LogP contribution in [0, 0.1) is 0 Å². The number of aromatic nitrogens is 1. The number of hydrogen-bond donors (Lipinski definition) is 1. The zero-order valence-corrected chi connectivity index (χ0v) is 18.0. The van der Waals surface area contributed by atoms with Gasteiger partial charge in [0.1, 0.15) is 0 Å². The van der Waals surface area contributed by atoms with Crippen LogP contribution < -0.4 is 14.2 Å². The first-order chi connectivity index (χ1) is 13.9. The van der Waals surface area contributed by atoms with Crippen LogP contribution in [0.15, 0.2) is 12.1 Å². The molecule has 1 N–H and O–H groups in total. The van der Waals surface area contributed by atoms with Gasteiger partial charge in [-0.15, -0.1) is 0 Å². The Morgan fingerprint density at radius 1 is 1.14 bits per heavy atom. The number of likely N-dealkylation sites (tertiary alicyclic amines) is 1. The van der Waals surface area contributed by atoms with Crippen LogP contribution in [0.25, 0.3) is 10.9 Å². The number of ether oxygens (including phenoxy) is 2. The molecule has 8 heteroatoms.